The summed E-state index contributed by atoms with van der Waals surface area (Å²) >= 11 is 16.0. The molecular weight excluding hydrogens is 382 g/mol. The van der Waals surface area contributed by atoms with E-state index in [1.165, 1.54) is 47.8 Å². The molecular formula is C20H24ClN3S2. The van der Waals surface area contributed by atoms with Crippen LogP contribution in [0.25, 0.3) is 10.8 Å². The minimum absolute atomic E-state index is 0.248. The molecule has 6 heteroatoms. The summed E-state index contributed by atoms with van der Waals surface area (Å²) in [6.07, 6.45) is 2.55. The number of fused-ring (bicyclic) bond motifs is 4. The third kappa shape index (κ3) is 2.92. The average Bonchev–Trinajstić information content (AvgIpc) is 3.49. The van der Waals surface area contributed by atoms with Crippen molar-refractivity contribution in [3.05, 3.63) is 40.4 Å². The predicted molar refractivity (Wildman–Crippen MR) is 117 cm³/mol. The van der Waals surface area contributed by atoms with Crippen molar-refractivity contribution in [3.63, 3.8) is 0 Å². The van der Waals surface area contributed by atoms with Gasteiger partial charge in [0.25, 0.3) is 0 Å². The lowest BCUT2D eigenvalue weighted by molar-refractivity contribution is 0.0121. The Morgan fingerprint density at radius 1 is 1.00 bits per heavy atom. The molecule has 6 rings (SSSR count). The van der Waals surface area contributed by atoms with Gasteiger partial charge in [0.05, 0.1) is 10.7 Å². The van der Waals surface area contributed by atoms with Gasteiger partial charge in [-0.05, 0) is 35.3 Å². The van der Waals surface area contributed by atoms with Gasteiger partial charge < -0.3 is 5.32 Å². The van der Waals surface area contributed by atoms with Crippen LogP contribution in [0, 0.1) is 0 Å². The number of halogens is 1. The van der Waals surface area contributed by atoms with Crippen molar-refractivity contribution >= 4 is 53.3 Å². The molecule has 3 nitrogen and oxygen atoms in total. The molecule has 0 amide bonds. The number of hydrogen-bond acceptors (Lipinski definition) is 5. The maximum Gasteiger partial charge on any atom is 0.114 e. The highest BCUT2D eigenvalue weighted by atomic mass is 35.5. The van der Waals surface area contributed by atoms with E-state index in [0.29, 0.717) is 12.0 Å². The van der Waals surface area contributed by atoms with Crippen molar-refractivity contribution in [2.45, 2.75) is 29.5 Å². The van der Waals surface area contributed by atoms with E-state index >= 15 is 0 Å². The SMILES string of the molecule is SC(S)Nc1c(Cl)c(C2CN3CCN2CC3)c(C2CC2)c2ccccc12. The molecule has 3 heterocycles. The van der Waals surface area contributed by atoms with E-state index < -0.39 is 0 Å². The van der Waals surface area contributed by atoms with Gasteiger partial charge in [0.1, 0.15) is 4.71 Å². The number of anilines is 1. The van der Waals surface area contributed by atoms with Crippen LogP contribution in [0.15, 0.2) is 24.3 Å². The molecule has 138 valence electrons. The fourth-order valence-corrected chi connectivity index (χ4v) is 5.39. The smallest absolute Gasteiger partial charge is 0.114 e. The van der Waals surface area contributed by atoms with Gasteiger partial charge in [0.15, 0.2) is 0 Å². The van der Waals surface area contributed by atoms with Crippen molar-refractivity contribution in [2.75, 3.05) is 38.0 Å². The molecule has 4 fully saturated rings. The first-order chi connectivity index (χ1) is 12.6. The van der Waals surface area contributed by atoms with Crippen LogP contribution in [0.3, 0.4) is 0 Å². The number of thiol groups is 2. The topological polar surface area (TPSA) is 18.5 Å². The van der Waals surface area contributed by atoms with E-state index in [0.717, 1.165) is 30.3 Å². The lowest BCUT2D eigenvalue weighted by atomic mass is 9.87. The monoisotopic (exact) mass is 405 g/mol. The van der Waals surface area contributed by atoms with Crippen molar-refractivity contribution in [1.29, 1.82) is 0 Å². The summed E-state index contributed by atoms with van der Waals surface area (Å²) in [5, 5.41) is 6.79. The molecule has 1 aliphatic carbocycles. The first-order valence-electron chi connectivity index (χ1n) is 9.46. The second-order valence-electron chi connectivity index (χ2n) is 7.71. The molecule has 0 spiro atoms. The normalized spacial score (nSPS) is 28.1. The Labute approximate surface area is 170 Å². The number of benzene rings is 2. The Hall–Kier alpha value is -0.590. The summed E-state index contributed by atoms with van der Waals surface area (Å²) in [5.41, 5.74) is 3.82. The van der Waals surface area contributed by atoms with Crippen LogP contribution in [-0.4, -0.2) is 47.2 Å². The van der Waals surface area contributed by atoms with E-state index in [-0.39, 0.29) is 4.71 Å². The van der Waals surface area contributed by atoms with Crippen LogP contribution in [0.1, 0.15) is 35.9 Å². The average molecular weight is 406 g/mol. The van der Waals surface area contributed by atoms with E-state index in [9.17, 15) is 0 Å². The van der Waals surface area contributed by atoms with Gasteiger partial charge in [-0.3, -0.25) is 9.80 Å². The highest BCUT2D eigenvalue weighted by Crippen LogP contribution is 2.52. The van der Waals surface area contributed by atoms with E-state index in [1.807, 2.05) is 0 Å². The molecule has 3 aliphatic heterocycles. The summed E-state index contributed by atoms with van der Waals surface area (Å²) in [6, 6.07) is 9.05. The molecule has 1 saturated carbocycles. The summed E-state index contributed by atoms with van der Waals surface area (Å²) in [7, 11) is 0. The zero-order valence-corrected chi connectivity index (χ0v) is 17.2. The first kappa shape index (κ1) is 17.5. The van der Waals surface area contributed by atoms with Gasteiger partial charge in [-0.15, -0.1) is 25.3 Å². The molecule has 2 aromatic rings. The van der Waals surface area contributed by atoms with Crippen molar-refractivity contribution in [2.24, 2.45) is 0 Å². The van der Waals surface area contributed by atoms with Crippen molar-refractivity contribution in [1.82, 2.24) is 9.80 Å². The molecule has 3 saturated heterocycles. The maximum atomic E-state index is 7.10. The Kier molecular flexibility index (Phi) is 4.57. The quantitative estimate of drug-likeness (QED) is 0.510. The molecule has 1 N–H and O–H groups in total. The van der Waals surface area contributed by atoms with Gasteiger partial charge in [-0.25, -0.2) is 0 Å². The van der Waals surface area contributed by atoms with Gasteiger partial charge in [-0.1, -0.05) is 35.9 Å². The largest absolute Gasteiger partial charge is 0.364 e. The van der Waals surface area contributed by atoms with Gasteiger partial charge in [0.2, 0.25) is 0 Å². The minimum Gasteiger partial charge on any atom is -0.364 e. The van der Waals surface area contributed by atoms with E-state index in [2.05, 4.69) is 64.6 Å². The van der Waals surface area contributed by atoms with Gasteiger partial charge in [-0.2, -0.15) is 0 Å². The number of nitrogens with zero attached hydrogens (tertiary/aromatic N) is 2. The number of hydrogen-bond donors (Lipinski definition) is 3. The Balaban J connectivity index is 1.75. The zero-order valence-electron chi connectivity index (χ0n) is 14.7. The molecule has 2 aromatic carbocycles. The molecule has 4 aliphatic rings. The van der Waals surface area contributed by atoms with Crippen LogP contribution in [0.5, 0.6) is 0 Å². The van der Waals surface area contributed by atoms with E-state index in [4.69, 9.17) is 11.6 Å². The fourth-order valence-electron chi connectivity index (χ4n) is 4.75. The van der Waals surface area contributed by atoms with Crippen LogP contribution in [0.2, 0.25) is 5.02 Å². The third-order valence-electron chi connectivity index (χ3n) is 6.10. The fraction of sp³-hybridized carbons (Fsp3) is 0.500. The summed E-state index contributed by atoms with van der Waals surface area (Å²) in [6.45, 7) is 5.73. The number of piperazine rings is 3. The number of rotatable bonds is 4. The van der Waals surface area contributed by atoms with E-state index in [1.54, 1.807) is 0 Å². The van der Waals surface area contributed by atoms with Crippen molar-refractivity contribution < 1.29 is 0 Å². The summed E-state index contributed by atoms with van der Waals surface area (Å²) in [5.74, 6) is 0.654. The molecule has 0 aromatic heterocycles. The summed E-state index contributed by atoms with van der Waals surface area (Å²) in [4.78, 5) is 5.21. The molecule has 1 atom stereocenters. The summed E-state index contributed by atoms with van der Waals surface area (Å²) < 4.78 is -0.248. The Bertz CT molecular complexity index is 845. The number of nitrogens with one attached hydrogen (secondary N) is 1. The standard InChI is InChI=1S/C20H24ClN3S2/c21-18-17(15-11-23-7-9-24(15)10-8-23)16(12-5-6-12)13-3-1-2-4-14(13)19(18)22-20(25)26/h1-4,12,15,20,22,25-26H,5-11H2. The van der Waals surface area contributed by atoms with Crippen LogP contribution in [-0.2, 0) is 0 Å². The Morgan fingerprint density at radius 3 is 2.27 bits per heavy atom. The maximum absolute atomic E-state index is 7.10. The Morgan fingerprint density at radius 2 is 1.69 bits per heavy atom. The van der Waals surface area contributed by atoms with Gasteiger partial charge in [0, 0.05) is 44.2 Å². The second-order valence-corrected chi connectivity index (χ2v) is 9.52. The van der Waals surface area contributed by atoms with Gasteiger partial charge >= 0.3 is 0 Å². The highest BCUT2D eigenvalue weighted by Gasteiger charge is 2.39. The highest BCUT2D eigenvalue weighted by molar-refractivity contribution is 7.99. The van der Waals surface area contributed by atoms with Crippen LogP contribution < -0.4 is 5.32 Å². The predicted octanol–water partition coefficient (Wildman–Crippen LogP) is 4.60. The third-order valence-corrected chi connectivity index (χ3v) is 6.75. The van der Waals surface area contributed by atoms with Crippen LogP contribution >= 0.6 is 36.9 Å². The first-order valence-corrected chi connectivity index (χ1v) is 10.9. The van der Waals surface area contributed by atoms with Crippen molar-refractivity contribution in [3.8, 4) is 0 Å². The van der Waals surface area contributed by atoms with Crippen LogP contribution in [0.4, 0.5) is 5.69 Å². The molecule has 2 bridgehead atoms. The second kappa shape index (κ2) is 6.78. The molecule has 1 unspecified atom stereocenters. The minimum atomic E-state index is -0.248. The molecule has 26 heavy (non-hydrogen) atoms. The zero-order chi connectivity index (χ0) is 17.8. The lowest BCUT2D eigenvalue weighted by Crippen LogP contribution is -2.57. The molecule has 0 radical (unpaired) electrons. The lowest BCUT2D eigenvalue weighted by Gasteiger charge is -2.48.